The van der Waals surface area contributed by atoms with Crippen LogP contribution in [0.4, 0.5) is 4.79 Å². The first-order chi connectivity index (χ1) is 10.7. The molecule has 0 aromatic heterocycles. The first kappa shape index (κ1) is 17.6. The van der Waals surface area contributed by atoms with Crippen LogP contribution in [0.5, 0.6) is 0 Å². The SMILES string of the molecule is CC1CCN(CCCCNC(=O)NC2CCCCCC2)CC1. The molecule has 0 atom stereocenters. The second kappa shape index (κ2) is 10.1. The van der Waals surface area contributed by atoms with Gasteiger partial charge in [-0.3, -0.25) is 0 Å². The van der Waals surface area contributed by atoms with E-state index in [9.17, 15) is 4.79 Å². The second-order valence-electron chi connectivity index (χ2n) is 7.32. The number of unbranched alkanes of at least 4 members (excludes halogenated alkanes) is 1. The Kier molecular flexibility index (Phi) is 8.06. The van der Waals surface area contributed by atoms with Gasteiger partial charge >= 0.3 is 6.03 Å². The molecular formula is C18H35N3O. The van der Waals surface area contributed by atoms with E-state index in [2.05, 4.69) is 22.5 Å². The lowest BCUT2D eigenvalue weighted by Gasteiger charge is -2.30. The minimum Gasteiger partial charge on any atom is -0.338 e. The smallest absolute Gasteiger partial charge is 0.315 e. The zero-order chi connectivity index (χ0) is 15.6. The molecule has 0 unspecified atom stereocenters. The van der Waals surface area contributed by atoms with E-state index >= 15 is 0 Å². The first-order valence-corrected chi connectivity index (χ1v) is 9.51. The van der Waals surface area contributed by atoms with Crippen molar-refractivity contribution >= 4 is 6.03 Å². The van der Waals surface area contributed by atoms with Gasteiger partial charge < -0.3 is 15.5 Å². The highest BCUT2D eigenvalue weighted by molar-refractivity contribution is 5.74. The van der Waals surface area contributed by atoms with E-state index < -0.39 is 0 Å². The van der Waals surface area contributed by atoms with Gasteiger partial charge in [-0.15, -0.1) is 0 Å². The monoisotopic (exact) mass is 309 g/mol. The second-order valence-corrected chi connectivity index (χ2v) is 7.32. The number of hydrogen-bond donors (Lipinski definition) is 2. The van der Waals surface area contributed by atoms with Crippen LogP contribution < -0.4 is 10.6 Å². The zero-order valence-electron chi connectivity index (χ0n) is 14.4. The lowest BCUT2D eigenvalue weighted by molar-refractivity contribution is 0.189. The van der Waals surface area contributed by atoms with Crippen molar-refractivity contribution in [2.24, 2.45) is 5.92 Å². The highest BCUT2D eigenvalue weighted by atomic mass is 16.2. The standard InChI is InChI=1S/C18H35N3O/c1-16-10-14-21(15-11-16)13-7-6-12-19-18(22)20-17-8-4-2-3-5-9-17/h16-17H,2-15H2,1H3,(H2,19,20,22). The average Bonchev–Trinajstić information content (AvgIpc) is 2.77. The Hall–Kier alpha value is -0.770. The summed E-state index contributed by atoms with van der Waals surface area (Å²) in [6.45, 7) is 6.88. The fourth-order valence-electron chi connectivity index (χ4n) is 3.61. The van der Waals surface area contributed by atoms with Crippen molar-refractivity contribution in [3.05, 3.63) is 0 Å². The van der Waals surface area contributed by atoms with Gasteiger partial charge in [-0.05, 0) is 64.1 Å². The summed E-state index contributed by atoms with van der Waals surface area (Å²) in [7, 11) is 0. The van der Waals surface area contributed by atoms with E-state index in [0.717, 1.165) is 31.7 Å². The third-order valence-corrected chi connectivity index (χ3v) is 5.25. The molecular weight excluding hydrogens is 274 g/mol. The molecule has 0 radical (unpaired) electrons. The van der Waals surface area contributed by atoms with Gasteiger partial charge in [-0.2, -0.15) is 0 Å². The van der Waals surface area contributed by atoms with Crippen molar-refractivity contribution in [3.63, 3.8) is 0 Å². The Labute approximate surface area is 136 Å². The van der Waals surface area contributed by atoms with Crippen LogP contribution in [-0.2, 0) is 0 Å². The highest BCUT2D eigenvalue weighted by Gasteiger charge is 2.15. The highest BCUT2D eigenvalue weighted by Crippen LogP contribution is 2.17. The summed E-state index contributed by atoms with van der Waals surface area (Å²) in [5, 5.41) is 6.17. The summed E-state index contributed by atoms with van der Waals surface area (Å²) in [6.07, 6.45) is 12.5. The molecule has 0 aromatic rings. The molecule has 4 heteroatoms. The van der Waals surface area contributed by atoms with Crippen LogP contribution in [0.2, 0.25) is 0 Å². The predicted molar refractivity (Wildman–Crippen MR) is 92.1 cm³/mol. The van der Waals surface area contributed by atoms with Crippen molar-refractivity contribution in [1.82, 2.24) is 15.5 Å². The number of hydrogen-bond acceptors (Lipinski definition) is 2. The maximum atomic E-state index is 11.9. The number of amides is 2. The van der Waals surface area contributed by atoms with Gasteiger partial charge in [0.1, 0.15) is 0 Å². The van der Waals surface area contributed by atoms with Gasteiger partial charge in [0.2, 0.25) is 0 Å². The summed E-state index contributed by atoms with van der Waals surface area (Å²) >= 11 is 0. The number of carbonyl (C=O) groups excluding carboxylic acids is 1. The number of nitrogens with one attached hydrogen (secondary N) is 2. The molecule has 128 valence electrons. The number of likely N-dealkylation sites (tertiary alicyclic amines) is 1. The van der Waals surface area contributed by atoms with Crippen molar-refractivity contribution in [2.75, 3.05) is 26.2 Å². The van der Waals surface area contributed by atoms with Gasteiger partial charge in [0.05, 0.1) is 0 Å². The van der Waals surface area contributed by atoms with Crippen LogP contribution in [0.3, 0.4) is 0 Å². The van der Waals surface area contributed by atoms with Crippen molar-refractivity contribution < 1.29 is 4.79 Å². The molecule has 2 N–H and O–H groups in total. The van der Waals surface area contributed by atoms with E-state index in [-0.39, 0.29) is 6.03 Å². The van der Waals surface area contributed by atoms with Gasteiger partial charge in [-0.25, -0.2) is 4.79 Å². The first-order valence-electron chi connectivity index (χ1n) is 9.51. The molecule has 1 heterocycles. The summed E-state index contributed by atoms with van der Waals surface area (Å²) in [5.41, 5.74) is 0. The van der Waals surface area contributed by atoms with E-state index in [1.807, 2.05) is 0 Å². The maximum Gasteiger partial charge on any atom is 0.315 e. The number of nitrogens with zero attached hydrogens (tertiary/aromatic N) is 1. The lowest BCUT2D eigenvalue weighted by Crippen LogP contribution is -2.42. The minimum atomic E-state index is 0.0405. The molecule has 2 rings (SSSR count). The lowest BCUT2D eigenvalue weighted by atomic mass is 9.99. The fourth-order valence-corrected chi connectivity index (χ4v) is 3.61. The number of rotatable bonds is 6. The molecule has 4 nitrogen and oxygen atoms in total. The number of carbonyl (C=O) groups is 1. The molecule has 1 saturated heterocycles. The largest absolute Gasteiger partial charge is 0.338 e. The molecule has 2 aliphatic rings. The Morgan fingerprint density at radius 2 is 1.68 bits per heavy atom. The van der Waals surface area contributed by atoms with Crippen LogP contribution in [0.1, 0.15) is 71.1 Å². The molecule has 0 spiro atoms. The summed E-state index contributed by atoms with van der Waals surface area (Å²) < 4.78 is 0. The van der Waals surface area contributed by atoms with Crippen LogP contribution in [0, 0.1) is 5.92 Å². The van der Waals surface area contributed by atoms with E-state index in [1.54, 1.807) is 0 Å². The van der Waals surface area contributed by atoms with Crippen molar-refractivity contribution in [2.45, 2.75) is 77.2 Å². The molecule has 2 amide bonds. The van der Waals surface area contributed by atoms with E-state index in [4.69, 9.17) is 0 Å². The van der Waals surface area contributed by atoms with Crippen molar-refractivity contribution in [3.8, 4) is 0 Å². The van der Waals surface area contributed by atoms with Gasteiger partial charge in [-0.1, -0.05) is 32.6 Å². The van der Waals surface area contributed by atoms with Gasteiger partial charge in [0, 0.05) is 12.6 Å². The Morgan fingerprint density at radius 3 is 2.36 bits per heavy atom. The summed E-state index contributed by atoms with van der Waals surface area (Å²) in [6, 6.07) is 0.441. The Bertz CT molecular complexity index is 305. The quantitative estimate of drug-likeness (QED) is 0.582. The van der Waals surface area contributed by atoms with Gasteiger partial charge in [0.25, 0.3) is 0 Å². The fraction of sp³-hybridized carbons (Fsp3) is 0.944. The number of piperidine rings is 1. The van der Waals surface area contributed by atoms with Crippen LogP contribution in [-0.4, -0.2) is 43.2 Å². The summed E-state index contributed by atoms with van der Waals surface area (Å²) in [4.78, 5) is 14.5. The molecule has 0 aromatic carbocycles. The average molecular weight is 309 g/mol. The normalized spacial score (nSPS) is 22.2. The molecule has 1 aliphatic carbocycles. The molecule has 22 heavy (non-hydrogen) atoms. The Balaban J connectivity index is 1.46. The third kappa shape index (κ3) is 6.99. The van der Waals surface area contributed by atoms with Crippen LogP contribution in [0.25, 0.3) is 0 Å². The topological polar surface area (TPSA) is 44.4 Å². The number of urea groups is 1. The molecule has 1 aliphatic heterocycles. The van der Waals surface area contributed by atoms with E-state index in [0.29, 0.717) is 6.04 Å². The summed E-state index contributed by atoms with van der Waals surface area (Å²) in [5.74, 6) is 0.908. The van der Waals surface area contributed by atoms with Crippen molar-refractivity contribution in [1.29, 1.82) is 0 Å². The maximum absolute atomic E-state index is 11.9. The molecule has 1 saturated carbocycles. The van der Waals surface area contributed by atoms with E-state index in [1.165, 1.54) is 64.6 Å². The van der Waals surface area contributed by atoms with Crippen LogP contribution >= 0.6 is 0 Å². The third-order valence-electron chi connectivity index (χ3n) is 5.25. The minimum absolute atomic E-state index is 0.0405. The molecule has 0 bridgehead atoms. The van der Waals surface area contributed by atoms with Crippen LogP contribution in [0.15, 0.2) is 0 Å². The molecule has 2 fully saturated rings. The zero-order valence-corrected chi connectivity index (χ0v) is 14.4. The Morgan fingerprint density at radius 1 is 1.00 bits per heavy atom. The van der Waals surface area contributed by atoms with Gasteiger partial charge in [0.15, 0.2) is 0 Å². The predicted octanol–water partition coefficient (Wildman–Crippen LogP) is 3.52.